The first kappa shape index (κ1) is 14.1. The van der Waals surface area contributed by atoms with E-state index < -0.39 is 5.41 Å². The van der Waals surface area contributed by atoms with Crippen LogP contribution >= 0.6 is 0 Å². The molecule has 4 heteroatoms. The largest absolute Gasteiger partial charge is 0.454 e. The molecule has 0 spiro atoms. The molecule has 1 unspecified atom stereocenters. The highest BCUT2D eigenvalue weighted by atomic mass is 16.7. The number of anilines is 1. The fourth-order valence-electron chi connectivity index (χ4n) is 3.41. The molecule has 0 saturated carbocycles. The molecule has 1 atom stereocenters. The van der Waals surface area contributed by atoms with Gasteiger partial charge in [0.2, 0.25) is 12.7 Å². The lowest BCUT2D eigenvalue weighted by molar-refractivity contribution is -0.120. The summed E-state index contributed by atoms with van der Waals surface area (Å²) in [4.78, 5) is 12.6. The average Bonchev–Trinajstić information content (AvgIpc) is 3.10. The zero-order chi connectivity index (χ0) is 16.0. The number of benzene rings is 2. The molecule has 2 heterocycles. The molecule has 0 aliphatic carbocycles. The van der Waals surface area contributed by atoms with Gasteiger partial charge in [-0.05, 0) is 54.7 Å². The van der Waals surface area contributed by atoms with Crippen LogP contribution in [0.5, 0.6) is 11.5 Å². The Morgan fingerprint density at radius 1 is 1.09 bits per heavy atom. The van der Waals surface area contributed by atoms with Crippen molar-refractivity contribution in [3.8, 4) is 11.5 Å². The Morgan fingerprint density at radius 2 is 1.87 bits per heavy atom. The monoisotopic (exact) mass is 309 g/mol. The second-order valence-electron chi connectivity index (χ2n) is 6.38. The summed E-state index contributed by atoms with van der Waals surface area (Å²) in [5.41, 5.74) is 3.75. The zero-order valence-electron chi connectivity index (χ0n) is 13.3. The second kappa shape index (κ2) is 5.01. The van der Waals surface area contributed by atoms with E-state index in [1.807, 2.05) is 25.1 Å². The maximum absolute atomic E-state index is 12.6. The van der Waals surface area contributed by atoms with Crippen molar-refractivity contribution >= 4 is 11.6 Å². The normalized spacial score (nSPS) is 21.2. The van der Waals surface area contributed by atoms with E-state index in [9.17, 15) is 4.79 Å². The Morgan fingerprint density at radius 3 is 2.70 bits per heavy atom. The number of carbonyl (C=O) groups excluding carboxylic acids is 1. The molecular formula is C19H19NO3. The standard InChI is InChI=1S/C19H19NO3/c1-3-12-4-6-14-15(8-12)20-18(21)19(14,2)10-13-5-7-16-17(9-13)23-11-22-16/h4-9H,3,10-11H2,1-2H3,(H,20,21). The first-order chi connectivity index (χ1) is 11.1. The van der Waals surface area contributed by atoms with Gasteiger partial charge in [-0.15, -0.1) is 0 Å². The number of aryl methyl sites for hydroxylation is 1. The van der Waals surface area contributed by atoms with Crippen molar-refractivity contribution in [2.75, 3.05) is 12.1 Å². The Kier molecular flexibility index (Phi) is 3.08. The van der Waals surface area contributed by atoms with E-state index in [4.69, 9.17) is 9.47 Å². The van der Waals surface area contributed by atoms with Gasteiger partial charge in [0.15, 0.2) is 11.5 Å². The summed E-state index contributed by atoms with van der Waals surface area (Å²) in [5, 5.41) is 3.04. The molecule has 0 bridgehead atoms. The highest BCUT2D eigenvalue weighted by molar-refractivity contribution is 6.06. The first-order valence-corrected chi connectivity index (χ1v) is 7.93. The molecule has 1 amide bonds. The summed E-state index contributed by atoms with van der Waals surface area (Å²) in [6.45, 7) is 4.38. The van der Waals surface area contributed by atoms with Gasteiger partial charge >= 0.3 is 0 Å². The van der Waals surface area contributed by atoms with Crippen LogP contribution in [0, 0.1) is 0 Å². The quantitative estimate of drug-likeness (QED) is 0.945. The van der Waals surface area contributed by atoms with Crippen LogP contribution in [0.4, 0.5) is 5.69 Å². The smallest absolute Gasteiger partial charge is 0.235 e. The van der Waals surface area contributed by atoms with E-state index >= 15 is 0 Å². The van der Waals surface area contributed by atoms with Crippen molar-refractivity contribution in [1.29, 1.82) is 0 Å². The summed E-state index contributed by atoms with van der Waals surface area (Å²) < 4.78 is 10.8. The fraction of sp³-hybridized carbons (Fsp3) is 0.316. The van der Waals surface area contributed by atoms with Crippen LogP contribution in [0.25, 0.3) is 0 Å². The van der Waals surface area contributed by atoms with Gasteiger partial charge in [0, 0.05) is 5.69 Å². The third-order valence-electron chi connectivity index (χ3n) is 4.83. The van der Waals surface area contributed by atoms with Crippen LogP contribution in [0.3, 0.4) is 0 Å². The van der Waals surface area contributed by atoms with Crippen LogP contribution in [-0.4, -0.2) is 12.7 Å². The fourth-order valence-corrected chi connectivity index (χ4v) is 3.41. The van der Waals surface area contributed by atoms with E-state index in [2.05, 4.69) is 30.4 Å². The molecule has 0 fully saturated rings. The molecule has 0 radical (unpaired) electrons. The highest BCUT2D eigenvalue weighted by Crippen LogP contribution is 2.42. The Balaban J connectivity index is 1.70. The van der Waals surface area contributed by atoms with Crippen LogP contribution in [-0.2, 0) is 23.1 Å². The van der Waals surface area contributed by atoms with Crippen LogP contribution in [0.15, 0.2) is 36.4 Å². The minimum Gasteiger partial charge on any atom is -0.454 e. The summed E-state index contributed by atoms with van der Waals surface area (Å²) >= 11 is 0. The molecule has 118 valence electrons. The number of rotatable bonds is 3. The van der Waals surface area contributed by atoms with Crippen LogP contribution < -0.4 is 14.8 Å². The number of hydrogen-bond acceptors (Lipinski definition) is 3. The number of amides is 1. The molecule has 4 nitrogen and oxygen atoms in total. The Bertz CT molecular complexity index is 799. The van der Waals surface area contributed by atoms with E-state index in [0.29, 0.717) is 6.42 Å². The van der Waals surface area contributed by atoms with Gasteiger partial charge in [-0.1, -0.05) is 25.1 Å². The third kappa shape index (κ3) is 2.17. The number of nitrogens with one attached hydrogen (secondary N) is 1. The molecule has 2 aromatic rings. The van der Waals surface area contributed by atoms with Crippen LogP contribution in [0.2, 0.25) is 0 Å². The number of fused-ring (bicyclic) bond motifs is 2. The average molecular weight is 309 g/mol. The van der Waals surface area contributed by atoms with E-state index in [1.54, 1.807) is 0 Å². The predicted octanol–water partition coefficient (Wildman–Crippen LogP) is 3.43. The lowest BCUT2D eigenvalue weighted by Crippen LogP contribution is -2.33. The Hall–Kier alpha value is -2.49. The summed E-state index contributed by atoms with van der Waals surface area (Å²) in [6, 6.07) is 12.2. The maximum atomic E-state index is 12.6. The third-order valence-corrected chi connectivity index (χ3v) is 4.83. The van der Waals surface area contributed by atoms with Gasteiger partial charge in [0.25, 0.3) is 0 Å². The number of carbonyl (C=O) groups is 1. The molecule has 2 aliphatic rings. The molecule has 0 aromatic heterocycles. The molecule has 2 aliphatic heterocycles. The van der Waals surface area contributed by atoms with Crippen molar-refractivity contribution in [3.05, 3.63) is 53.1 Å². The van der Waals surface area contributed by atoms with Gasteiger partial charge in [0.1, 0.15) is 0 Å². The van der Waals surface area contributed by atoms with Crippen LogP contribution in [0.1, 0.15) is 30.5 Å². The number of hydrogen-bond donors (Lipinski definition) is 1. The summed E-state index contributed by atoms with van der Waals surface area (Å²) in [7, 11) is 0. The van der Waals surface area contributed by atoms with Crippen molar-refractivity contribution < 1.29 is 14.3 Å². The van der Waals surface area contributed by atoms with Crippen molar-refractivity contribution in [3.63, 3.8) is 0 Å². The topological polar surface area (TPSA) is 47.6 Å². The van der Waals surface area contributed by atoms with Crippen molar-refractivity contribution in [2.45, 2.75) is 32.1 Å². The van der Waals surface area contributed by atoms with Gasteiger partial charge in [-0.2, -0.15) is 0 Å². The van der Waals surface area contributed by atoms with Gasteiger partial charge in [-0.25, -0.2) is 0 Å². The predicted molar refractivity (Wildman–Crippen MR) is 88.1 cm³/mol. The Labute approximate surface area is 135 Å². The van der Waals surface area contributed by atoms with Crippen molar-refractivity contribution in [1.82, 2.24) is 0 Å². The van der Waals surface area contributed by atoms with E-state index in [0.717, 1.165) is 34.7 Å². The molecule has 2 aromatic carbocycles. The molecule has 4 rings (SSSR count). The molecule has 1 N–H and O–H groups in total. The zero-order valence-corrected chi connectivity index (χ0v) is 13.3. The van der Waals surface area contributed by atoms with E-state index in [-0.39, 0.29) is 12.7 Å². The van der Waals surface area contributed by atoms with Gasteiger partial charge in [-0.3, -0.25) is 4.79 Å². The van der Waals surface area contributed by atoms with Crippen molar-refractivity contribution in [2.24, 2.45) is 0 Å². The minimum atomic E-state index is -0.560. The molecular weight excluding hydrogens is 290 g/mol. The van der Waals surface area contributed by atoms with Gasteiger partial charge in [0.05, 0.1) is 5.41 Å². The van der Waals surface area contributed by atoms with E-state index in [1.165, 1.54) is 5.56 Å². The maximum Gasteiger partial charge on any atom is 0.235 e. The highest BCUT2D eigenvalue weighted by Gasteiger charge is 2.42. The first-order valence-electron chi connectivity index (χ1n) is 7.93. The lowest BCUT2D eigenvalue weighted by Gasteiger charge is -2.22. The van der Waals surface area contributed by atoms with Gasteiger partial charge < -0.3 is 14.8 Å². The minimum absolute atomic E-state index is 0.0541. The SMILES string of the molecule is CCc1ccc2c(c1)NC(=O)C2(C)Cc1ccc2c(c1)OCO2. The summed E-state index contributed by atoms with van der Waals surface area (Å²) in [6.07, 6.45) is 1.59. The molecule has 23 heavy (non-hydrogen) atoms. The second-order valence-corrected chi connectivity index (χ2v) is 6.38. The summed E-state index contributed by atoms with van der Waals surface area (Å²) in [5.74, 6) is 1.58. The lowest BCUT2D eigenvalue weighted by atomic mass is 9.78. The molecule has 0 saturated heterocycles. The number of ether oxygens (including phenoxy) is 2.